The van der Waals surface area contributed by atoms with Crippen LogP contribution in [0.15, 0.2) is 57.0 Å². The third-order valence-electron chi connectivity index (χ3n) is 4.32. The minimum absolute atomic E-state index is 0.273. The van der Waals surface area contributed by atoms with E-state index in [4.69, 9.17) is 27.6 Å². The summed E-state index contributed by atoms with van der Waals surface area (Å²) in [5.74, 6) is 1.68. The first-order valence-electron chi connectivity index (χ1n) is 8.19. The Morgan fingerprint density at radius 3 is 2.50 bits per heavy atom. The fraction of sp³-hybridized carbons (Fsp3) is 0.150. The molecule has 1 aliphatic rings. The smallest absolute Gasteiger partial charge is 0.174 e. The molecule has 26 heavy (non-hydrogen) atoms. The summed E-state index contributed by atoms with van der Waals surface area (Å²) in [7, 11) is 0. The van der Waals surface area contributed by atoms with E-state index < -0.39 is 0 Å². The first-order valence-corrected chi connectivity index (χ1v) is 8.94. The molecule has 2 heterocycles. The molecule has 4 rings (SSSR count). The number of benzene rings is 1. The quantitative estimate of drug-likeness (QED) is 0.545. The van der Waals surface area contributed by atoms with Gasteiger partial charge in [0, 0.05) is 26.9 Å². The van der Waals surface area contributed by atoms with Gasteiger partial charge < -0.3 is 9.40 Å². The fourth-order valence-electron chi connectivity index (χ4n) is 2.99. The van der Waals surface area contributed by atoms with E-state index >= 15 is 0 Å². The van der Waals surface area contributed by atoms with Gasteiger partial charge in [0.25, 0.3) is 0 Å². The Morgan fingerprint density at radius 2 is 1.77 bits per heavy atom. The normalized spacial score (nSPS) is 14.7. The molecule has 1 N–H and O–H groups in total. The Morgan fingerprint density at radius 1 is 1.04 bits per heavy atom. The number of halogens is 3. The van der Waals surface area contributed by atoms with E-state index in [0.717, 1.165) is 40.4 Å². The number of aromatic nitrogens is 2. The van der Waals surface area contributed by atoms with Gasteiger partial charge in [0.05, 0.1) is 5.69 Å². The number of nitrogens with zero attached hydrogens (tertiary/aromatic N) is 1. The molecule has 0 saturated heterocycles. The van der Waals surface area contributed by atoms with Crippen molar-refractivity contribution in [2.75, 3.05) is 0 Å². The lowest BCUT2D eigenvalue weighted by atomic mass is 10.0. The first-order chi connectivity index (χ1) is 12.5. The van der Waals surface area contributed by atoms with Crippen LogP contribution in [0.3, 0.4) is 0 Å². The summed E-state index contributed by atoms with van der Waals surface area (Å²) in [6.45, 7) is 1.92. The average Bonchev–Trinajstić information content (AvgIpc) is 3.23. The largest absolute Gasteiger partial charge is 0.453 e. The molecule has 0 saturated carbocycles. The van der Waals surface area contributed by atoms with Crippen molar-refractivity contribution in [3.8, 4) is 22.8 Å². The van der Waals surface area contributed by atoms with Crippen molar-refractivity contribution in [1.29, 1.82) is 0 Å². The Hall–Kier alpha value is -2.30. The molecule has 0 unspecified atom stereocenters. The zero-order valence-electron chi connectivity index (χ0n) is 13.9. The van der Waals surface area contributed by atoms with Gasteiger partial charge in [-0.2, -0.15) is 0 Å². The average molecular weight is 389 g/mol. The Labute approximate surface area is 160 Å². The SMILES string of the molecule is Cc1[nH]c(-c2ccc(C3=C(Cl)C=C(Cl)CC3)o2)nc1-c1ccc(F)cc1. The lowest BCUT2D eigenvalue weighted by Crippen LogP contribution is -1.91. The minimum Gasteiger partial charge on any atom is -0.453 e. The number of H-pyrrole nitrogens is 1. The van der Waals surface area contributed by atoms with Gasteiger partial charge in [-0.3, -0.25) is 0 Å². The van der Waals surface area contributed by atoms with Gasteiger partial charge in [-0.1, -0.05) is 23.2 Å². The van der Waals surface area contributed by atoms with Crippen molar-refractivity contribution in [2.24, 2.45) is 0 Å². The summed E-state index contributed by atoms with van der Waals surface area (Å²) in [5.41, 5.74) is 3.43. The zero-order valence-corrected chi connectivity index (χ0v) is 15.5. The number of imidazole rings is 1. The molecule has 2 aromatic heterocycles. The molecule has 3 aromatic rings. The molecule has 0 fully saturated rings. The maximum Gasteiger partial charge on any atom is 0.174 e. The van der Waals surface area contributed by atoms with Crippen LogP contribution in [0.25, 0.3) is 28.4 Å². The third-order valence-corrected chi connectivity index (χ3v) is 4.96. The van der Waals surface area contributed by atoms with E-state index in [1.807, 2.05) is 19.1 Å². The number of allylic oxidation sites excluding steroid dienone is 4. The zero-order chi connectivity index (χ0) is 18.3. The summed E-state index contributed by atoms with van der Waals surface area (Å²) in [6.07, 6.45) is 3.24. The monoisotopic (exact) mass is 388 g/mol. The van der Waals surface area contributed by atoms with Crippen molar-refractivity contribution in [3.05, 3.63) is 69.8 Å². The molecule has 0 atom stereocenters. The lowest BCUT2D eigenvalue weighted by Gasteiger charge is -2.11. The van der Waals surface area contributed by atoms with Gasteiger partial charge >= 0.3 is 0 Å². The van der Waals surface area contributed by atoms with E-state index in [-0.39, 0.29) is 5.82 Å². The molecule has 0 bridgehead atoms. The molecule has 0 aliphatic heterocycles. The highest BCUT2D eigenvalue weighted by molar-refractivity contribution is 6.37. The molecule has 3 nitrogen and oxygen atoms in total. The Bertz CT molecular complexity index is 1030. The summed E-state index contributed by atoms with van der Waals surface area (Å²) >= 11 is 12.3. The van der Waals surface area contributed by atoms with Crippen LogP contribution in [0.2, 0.25) is 0 Å². The summed E-state index contributed by atoms with van der Waals surface area (Å²) in [5, 5.41) is 1.35. The maximum atomic E-state index is 13.1. The molecule has 132 valence electrons. The van der Waals surface area contributed by atoms with Gasteiger partial charge in [-0.15, -0.1) is 0 Å². The molecule has 6 heteroatoms. The van der Waals surface area contributed by atoms with Crippen molar-refractivity contribution in [2.45, 2.75) is 19.8 Å². The van der Waals surface area contributed by atoms with Gasteiger partial charge in [0.15, 0.2) is 11.6 Å². The Kier molecular flexibility index (Phi) is 4.47. The van der Waals surface area contributed by atoms with Gasteiger partial charge in [-0.05, 0) is 62.2 Å². The van der Waals surface area contributed by atoms with Crippen LogP contribution in [-0.4, -0.2) is 9.97 Å². The highest BCUT2D eigenvalue weighted by Gasteiger charge is 2.18. The van der Waals surface area contributed by atoms with E-state index in [2.05, 4.69) is 9.97 Å². The van der Waals surface area contributed by atoms with E-state index in [9.17, 15) is 4.39 Å². The molecule has 0 amide bonds. The number of aromatic amines is 1. The van der Waals surface area contributed by atoms with Crippen LogP contribution in [0.5, 0.6) is 0 Å². The van der Waals surface area contributed by atoms with Gasteiger partial charge in [0.1, 0.15) is 11.6 Å². The molecule has 0 radical (unpaired) electrons. The number of nitrogens with one attached hydrogen (secondary N) is 1. The molecular formula is C20H15Cl2FN2O. The van der Waals surface area contributed by atoms with Crippen LogP contribution in [-0.2, 0) is 0 Å². The third kappa shape index (κ3) is 3.22. The molecule has 1 aliphatic carbocycles. The van der Waals surface area contributed by atoms with E-state index in [1.165, 1.54) is 12.1 Å². The van der Waals surface area contributed by atoms with Crippen LogP contribution in [0, 0.1) is 12.7 Å². The highest BCUT2D eigenvalue weighted by atomic mass is 35.5. The number of aryl methyl sites for hydroxylation is 1. The minimum atomic E-state index is -0.273. The summed E-state index contributed by atoms with van der Waals surface area (Å²) < 4.78 is 19.1. The predicted molar refractivity (Wildman–Crippen MR) is 102 cm³/mol. The summed E-state index contributed by atoms with van der Waals surface area (Å²) in [4.78, 5) is 7.84. The predicted octanol–water partition coefficient (Wildman–Crippen LogP) is 6.65. The number of rotatable bonds is 3. The van der Waals surface area contributed by atoms with Crippen LogP contribution in [0.1, 0.15) is 24.3 Å². The van der Waals surface area contributed by atoms with E-state index in [1.54, 1.807) is 18.2 Å². The number of hydrogen-bond acceptors (Lipinski definition) is 2. The molecular weight excluding hydrogens is 374 g/mol. The second-order valence-corrected chi connectivity index (χ2v) is 7.04. The van der Waals surface area contributed by atoms with Crippen molar-refractivity contribution < 1.29 is 8.81 Å². The maximum absolute atomic E-state index is 13.1. The van der Waals surface area contributed by atoms with Crippen molar-refractivity contribution in [1.82, 2.24) is 9.97 Å². The van der Waals surface area contributed by atoms with E-state index in [0.29, 0.717) is 22.4 Å². The van der Waals surface area contributed by atoms with Crippen LogP contribution in [0.4, 0.5) is 4.39 Å². The van der Waals surface area contributed by atoms with Crippen LogP contribution < -0.4 is 0 Å². The number of hydrogen-bond donors (Lipinski definition) is 1. The topological polar surface area (TPSA) is 41.8 Å². The lowest BCUT2D eigenvalue weighted by molar-refractivity contribution is 0.560. The van der Waals surface area contributed by atoms with Gasteiger partial charge in [0.2, 0.25) is 0 Å². The van der Waals surface area contributed by atoms with Crippen molar-refractivity contribution in [3.63, 3.8) is 0 Å². The summed E-state index contributed by atoms with van der Waals surface area (Å²) in [6, 6.07) is 10.0. The Balaban J connectivity index is 1.68. The first kappa shape index (κ1) is 17.1. The second kappa shape index (κ2) is 6.78. The second-order valence-electron chi connectivity index (χ2n) is 6.15. The molecule has 1 aromatic carbocycles. The van der Waals surface area contributed by atoms with Gasteiger partial charge in [-0.25, -0.2) is 9.37 Å². The van der Waals surface area contributed by atoms with Crippen LogP contribution >= 0.6 is 23.2 Å². The molecule has 0 spiro atoms. The standard InChI is InChI=1S/C20H15Cl2FN2O/c1-11-19(12-2-5-14(23)6-3-12)25-20(24-11)18-9-8-17(26-18)15-7-4-13(21)10-16(15)22/h2-3,5-6,8-10H,4,7H2,1H3,(H,24,25). The van der Waals surface area contributed by atoms with Crippen molar-refractivity contribution >= 4 is 28.8 Å². The number of furan rings is 1. The highest BCUT2D eigenvalue weighted by Crippen LogP contribution is 2.37. The fourth-order valence-corrected chi connectivity index (χ4v) is 3.57.